The second kappa shape index (κ2) is 8.50. The van der Waals surface area contributed by atoms with Crippen LogP contribution < -0.4 is 0 Å². The molecule has 1 aromatic rings. The van der Waals surface area contributed by atoms with Crippen molar-refractivity contribution in [3.63, 3.8) is 0 Å². The van der Waals surface area contributed by atoms with Crippen LogP contribution >= 0.6 is 0 Å². The van der Waals surface area contributed by atoms with Crippen molar-refractivity contribution in [3.8, 4) is 0 Å². The maximum absolute atomic E-state index is 13.0. The van der Waals surface area contributed by atoms with Crippen LogP contribution in [0.4, 0.5) is 0 Å². The molecule has 4 nitrogen and oxygen atoms in total. The van der Waals surface area contributed by atoms with E-state index >= 15 is 0 Å². The molecule has 0 aliphatic carbocycles. The van der Waals surface area contributed by atoms with Crippen LogP contribution in [0.25, 0.3) is 0 Å². The van der Waals surface area contributed by atoms with E-state index in [4.69, 9.17) is 0 Å². The summed E-state index contributed by atoms with van der Waals surface area (Å²) in [5.41, 5.74) is 1.30. The highest BCUT2D eigenvalue weighted by molar-refractivity contribution is 5.99. The normalized spacial score (nSPS) is 21.7. The Balaban J connectivity index is 1.76. The molecule has 25 heavy (non-hydrogen) atoms. The van der Waals surface area contributed by atoms with Crippen molar-refractivity contribution in [3.05, 3.63) is 35.4 Å². The highest BCUT2D eigenvalue weighted by Gasteiger charge is 2.27. The fourth-order valence-corrected chi connectivity index (χ4v) is 4.10. The molecule has 2 aliphatic heterocycles. The van der Waals surface area contributed by atoms with Gasteiger partial charge < -0.3 is 9.80 Å². The summed E-state index contributed by atoms with van der Waals surface area (Å²) in [6.07, 6.45) is 8.94. The van der Waals surface area contributed by atoms with Gasteiger partial charge in [0.25, 0.3) is 11.8 Å². The van der Waals surface area contributed by atoms with Crippen LogP contribution in [-0.4, -0.2) is 47.3 Å². The van der Waals surface area contributed by atoms with Crippen LogP contribution in [-0.2, 0) is 0 Å². The van der Waals surface area contributed by atoms with Crippen molar-refractivity contribution in [2.45, 2.75) is 64.3 Å². The Kier molecular flexibility index (Phi) is 6.11. The number of amides is 2. The average Bonchev–Trinajstić information content (AvgIpc) is 2.96. The number of nitrogens with zero attached hydrogens (tertiary/aromatic N) is 2. The van der Waals surface area contributed by atoms with Crippen molar-refractivity contribution in [2.75, 3.05) is 19.6 Å². The molecular weight excluding hydrogens is 312 g/mol. The van der Waals surface area contributed by atoms with E-state index in [1.54, 1.807) is 6.07 Å². The van der Waals surface area contributed by atoms with E-state index in [0.29, 0.717) is 17.2 Å². The van der Waals surface area contributed by atoms with Gasteiger partial charge in [-0.25, -0.2) is 0 Å². The smallest absolute Gasteiger partial charge is 0.254 e. The minimum atomic E-state index is 0.0715. The maximum atomic E-state index is 13.0. The summed E-state index contributed by atoms with van der Waals surface area (Å²) in [5.74, 6) is 0.152. The standard InChI is InChI=1S/C21H30N2O2/c1-2-19-12-5-8-15-23(19)21(25)18-11-9-10-17(16-18)20(24)22-13-6-3-4-7-14-22/h9-11,16,19H,2-8,12-15H2,1H3. The van der Waals surface area contributed by atoms with Gasteiger partial charge in [-0.1, -0.05) is 25.8 Å². The summed E-state index contributed by atoms with van der Waals surface area (Å²) in [4.78, 5) is 29.8. The minimum absolute atomic E-state index is 0.0715. The fraction of sp³-hybridized carbons (Fsp3) is 0.619. The van der Waals surface area contributed by atoms with Crippen molar-refractivity contribution in [1.82, 2.24) is 9.80 Å². The van der Waals surface area contributed by atoms with Gasteiger partial charge in [-0.3, -0.25) is 9.59 Å². The molecule has 0 bridgehead atoms. The largest absolute Gasteiger partial charge is 0.339 e. The van der Waals surface area contributed by atoms with Gasteiger partial charge in [0.1, 0.15) is 0 Å². The summed E-state index contributed by atoms with van der Waals surface area (Å²) in [6.45, 7) is 4.65. The zero-order valence-corrected chi connectivity index (χ0v) is 15.4. The first-order valence-corrected chi connectivity index (χ1v) is 9.91. The number of hydrogen-bond donors (Lipinski definition) is 0. The Hall–Kier alpha value is -1.84. The van der Waals surface area contributed by atoms with Gasteiger partial charge in [-0.2, -0.15) is 0 Å². The van der Waals surface area contributed by atoms with Gasteiger partial charge in [-0.05, 0) is 56.7 Å². The first-order valence-electron chi connectivity index (χ1n) is 9.91. The third kappa shape index (κ3) is 4.23. The summed E-state index contributed by atoms with van der Waals surface area (Å²) in [6, 6.07) is 7.69. The lowest BCUT2D eigenvalue weighted by Crippen LogP contribution is -2.43. The highest BCUT2D eigenvalue weighted by Crippen LogP contribution is 2.22. The summed E-state index contributed by atoms with van der Waals surface area (Å²) in [5, 5.41) is 0. The van der Waals surface area contributed by atoms with Crippen LogP contribution in [0.1, 0.15) is 79.0 Å². The van der Waals surface area contributed by atoms with Crippen molar-refractivity contribution in [1.29, 1.82) is 0 Å². The van der Waals surface area contributed by atoms with E-state index in [1.807, 2.05) is 28.0 Å². The molecule has 0 radical (unpaired) electrons. The Morgan fingerprint density at radius 1 is 0.920 bits per heavy atom. The number of likely N-dealkylation sites (tertiary alicyclic amines) is 2. The SMILES string of the molecule is CCC1CCCCN1C(=O)c1cccc(C(=O)N2CCCCCC2)c1. The number of hydrogen-bond acceptors (Lipinski definition) is 2. The molecule has 2 saturated heterocycles. The van der Waals surface area contributed by atoms with Crippen LogP contribution in [0.2, 0.25) is 0 Å². The molecule has 1 aromatic carbocycles. The molecule has 0 spiro atoms. The third-order valence-corrected chi connectivity index (χ3v) is 5.61. The monoisotopic (exact) mass is 342 g/mol. The molecule has 2 fully saturated rings. The number of carbonyl (C=O) groups excluding carboxylic acids is 2. The summed E-state index contributed by atoms with van der Waals surface area (Å²) in [7, 11) is 0. The Labute approximate surface area is 151 Å². The second-order valence-electron chi connectivity index (χ2n) is 7.34. The van der Waals surface area contributed by atoms with Crippen LogP contribution in [0, 0.1) is 0 Å². The predicted molar refractivity (Wildman–Crippen MR) is 99.8 cm³/mol. The lowest BCUT2D eigenvalue weighted by Gasteiger charge is -2.35. The molecule has 0 N–H and O–H groups in total. The van der Waals surface area contributed by atoms with Gasteiger partial charge in [0.2, 0.25) is 0 Å². The predicted octanol–water partition coefficient (Wildman–Crippen LogP) is 4.11. The van der Waals surface area contributed by atoms with Crippen LogP contribution in [0.15, 0.2) is 24.3 Å². The van der Waals surface area contributed by atoms with Crippen LogP contribution in [0.5, 0.6) is 0 Å². The number of carbonyl (C=O) groups is 2. The zero-order valence-electron chi connectivity index (χ0n) is 15.4. The quantitative estimate of drug-likeness (QED) is 0.829. The molecule has 0 aromatic heterocycles. The topological polar surface area (TPSA) is 40.6 Å². The average molecular weight is 342 g/mol. The number of benzene rings is 1. The van der Waals surface area contributed by atoms with Gasteiger partial charge >= 0.3 is 0 Å². The van der Waals surface area contributed by atoms with E-state index in [0.717, 1.165) is 51.7 Å². The molecule has 1 atom stereocenters. The molecule has 2 heterocycles. The molecule has 3 rings (SSSR count). The molecule has 1 unspecified atom stereocenters. The minimum Gasteiger partial charge on any atom is -0.339 e. The first kappa shape index (κ1) is 18.0. The maximum Gasteiger partial charge on any atom is 0.254 e. The summed E-state index contributed by atoms with van der Waals surface area (Å²) < 4.78 is 0. The van der Waals surface area contributed by atoms with Crippen molar-refractivity contribution in [2.24, 2.45) is 0 Å². The Morgan fingerprint density at radius 2 is 1.56 bits per heavy atom. The lowest BCUT2D eigenvalue weighted by atomic mass is 9.98. The summed E-state index contributed by atoms with van der Waals surface area (Å²) >= 11 is 0. The third-order valence-electron chi connectivity index (χ3n) is 5.61. The highest BCUT2D eigenvalue weighted by atomic mass is 16.2. The molecule has 136 valence electrons. The number of rotatable bonds is 3. The van der Waals surface area contributed by atoms with E-state index in [-0.39, 0.29) is 11.8 Å². The molecule has 4 heteroatoms. The van der Waals surface area contributed by atoms with Crippen LogP contribution in [0.3, 0.4) is 0 Å². The molecule has 2 amide bonds. The Bertz CT molecular complexity index is 606. The van der Waals surface area contributed by atoms with Gasteiger partial charge in [-0.15, -0.1) is 0 Å². The molecule has 0 saturated carbocycles. The fourth-order valence-electron chi connectivity index (χ4n) is 4.10. The first-order chi connectivity index (χ1) is 12.2. The molecular formula is C21H30N2O2. The second-order valence-corrected chi connectivity index (χ2v) is 7.34. The van der Waals surface area contributed by atoms with E-state index in [9.17, 15) is 9.59 Å². The van der Waals surface area contributed by atoms with Crippen molar-refractivity contribution < 1.29 is 9.59 Å². The van der Waals surface area contributed by atoms with E-state index in [1.165, 1.54) is 19.3 Å². The number of piperidine rings is 1. The van der Waals surface area contributed by atoms with E-state index in [2.05, 4.69) is 6.92 Å². The Morgan fingerprint density at radius 3 is 2.24 bits per heavy atom. The van der Waals surface area contributed by atoms with Gasteiger partial charge in [0, 0.05) is 36.8 Å². The lowest BCUT2D eigenvalue weighted by molar-refractivity contribution is 0.0608. The van der Waals surface area contributed by atoms with Crippen molar-refractivity contribution >= 4 is 11.8 Å². The van der Waals surface area contributed by atoms with Gasteiger partial charge in [0.05, 0.1) is 0 Å². The molecule has 2 aliphatic rings. The zero-order chi connectivity index (χ0) is 17.6. The van der Waals surface area contributed by atoms with Gasteiger partial charge in [0.15, 0.2) is 0 Å². The van der Waals surface area contributed by atoms with E-state index < -0.39 is 0 Å².